The maximum Gasteiger partial charge on any atom is 0.302 e. The average molecular weight is 337 g/mol. The number of rotatable bonds is 4. The van der Waals surface area contributed by atoms with Crippen LogP contribution < -0.4 is 4.74 Å². The van der Waals surface area contributed by atoms with E-state index in [0.717, 1.165) is 22.0 Å². The van der Waals surface area contributed by atoms with Gasteiger partial charge in [0.25, 0.3) is 0 Å². The number of aryl methyl sites for hydroxylation is 3. The first kappa shape index (κ1) is 16.7. The summed E-state index contributed by atoms with van der Waals surface area (Å²) >= 11 is 0. The summed E-state index contributed by atoms with van der Waals surface area (Å²) in [4.78, 5) is 11.9. The van der Waals surface area contributed by atoms with Crippen molar-refractivity contribution in [1.82, 2.24) is 4.57 Å². The van der Waals surface area contributed by atoms with Crippen LogP contribution in [0.4, 0.5) is 5.69 Å². The van der Waals surface area contributed by atoms with Crippen molar-refractivity contribution < 1.29 is 14.6 Å². The van der Waals surface area contributed by atoms with Crippen molar-refractivity contribution in [1.29, 1.82) is 0 Å². The lowest BCUT2D eigenvalue weighted by molar-refractivity contribution is -0.120. The van der Waals surface area contributed by atoms with Gasteiger partial charge in [0.1, 0.15) is 5.75 Å². The fourth-order valence-corrected chi connectivity index (χ4v) is 2.69. The maximum atomic E-state index is 11.9. The normalized spacial score (nSPS) is 11.3. The van der Waals surface area contributed by atoms with Crippen molar-refractivity contribution in [3.05, 3.63) is 53.6 Å². The van der Waals surface area contributed by atoms with Gasteiger partial charge in [-0.05, 0) is 31.5 Å². The molecule has 0 radical (unpaired) electrons. The van der Waals surface area contributed by atoms with Crippen LogP contribution in [0.1, 0.15) is 11.1 Å². The second-order valence-electron chi connectivity index (χ2n) is 5.90. The van der Waals surface area contributed by atoms with Gasteiger partial charge in [0.2, 0.25) is 5.88 Å². The SMILES string of the molecule is Cc1ccc(OCC(=O)N=Nc2c(O)n(C)c3ccccc23)c(C)c1. The molecule has 2 aromatic carbocycles. The molecule has 6 nitrogen and oxygen atoms in total. The number of benzene rings is 2. The first-order chi connectivity index (χ1) is 12.0. The lowest BCUT2D eigenvalue weighted by Crippen LogP contribution is -2.08. The van der Waals surface area contributed by atoms with E-state index in [1.54, 1.807) is 11.6 Å². The molecule has 0 spiro atoms. The molecule has 128 valence electrons. The molecule has 0 saturated carbocycles. The van der Waals surface area contributed by atoms with Crippen LogP contribution in [0, 0.1) is 13.8 Å². The monoisotopic (exact) mass is 337 g/mol. The maximum absolute atomic E-state index is 11.9. The predicted octanol–water partition coefficient (Wildman–Crippen LogP) is 4.19. The van der Waals surface area contributed by atoms with Crippen LogP contribution in [0.15, 0.2) is 52.7 Å². The fraction of sp³-hybridized carbons (Fsp3) is 0.211. The molecule has 0 unspecified atom stereocenters. The molecule has 0 aliphatic heterocycles. The van der Waals surface area contributed by atoms with Crippen molar-refractivity contribution in [2.24, 2.45) is 17.3 Å². The third-order valence-electron chi connectivity index (χ3n) is 3.99. The van der Waals surface area contributed by atoms with Crippen molar-refractivity contribution in [2.75, 3.05) is 6.61 Å². The zero-order valence-electron chi connectivity index (χ0n) is 14.4. The van der Waals surface area contributed by atoms with Crippen molar-refractivity contribution in [3.63, 3.8) is 0 Å². The highest BCUT2D eigenvalue weighted by molar-refractivity contribution is 5.95. The molecule has 1 N–H and O–H groups in total. The van der Waals surface area contributed by atoms with Gasteiger partial charge in [0.05, 0.1) is 5.52 Å². The quantitative estimate of drug-likeness (QED) is 0.725. The van der Waals surface area contributed by atoms with Crippen LogP contribution in [0.3, 0.4) is 0 Å². The standard InChI is InChI=1S/C19H19N3O3/c1-12-8-9-16(13(2)10-12)25-11-17(23)20-21-18-14-6-4-5-7-15(14)22(3)19(18)24/h4-10,24H,11H2,1-3H3. The Morgan fingerprint density at radius 1 is 1.20 bits per heavy atom. The number of fused-ring (bicyclic) bond motifs is 1. The molecule has 0 fully saturated rings. The number of amides is 1. The van der Waals surface area contributed by atoms with Gasteiger partial charge in [-0.25, -0.2) is 0 Å². The van der Waals surface area contributed by atoms with E-state index in [-0.39, 0.29) is 18.2 Å². The van der Waals surface area contributed by atoms with Crippen molar-refractivity contribution in [3.8, 4) is 11.6 Å². The predicted molar refractivity (Wildman–Crippen MR) is 95.5 cm³/mol. The van der Waals surface area contributed by atoms with Crippen LogP contribution >= 0.6 is 0 Å². The number of ether oxygens (including phenoxy) is 1. The molecule has 1 aromatic heterocycles. The molecule has 6 heteroatoms. The Kier molecular flexibility index (Phi) is 4.52. The van der Waals surface area contributed by atoms with Gasteiger partial charge >= 0.3 is 5.91 Å². The van der Waals surface area contributed by atoms with Crippen LogP contribution in [0.2, 0.25) is 0 Å². The number of azo groups is 1. The first-order valence-electron chi connectivity index (χ1n) is 7.88. The lowest BCUT2D eigenvalue weighted by Gasteiger charge is -2.07. The Bertz CT molecular complexity index is 973. The highest BCUT2D eigenvalue weighted by Gasteiger charge is 2.14. The van der Waals surface area contributed by atoms with E-state index in [1.807, 2.05) is 56.3 Å². The minimum atomic E-state index is -0.521. The number of carbonyl (C=O) groups excluding carboxylic acids is 1. The number of aromatic nitrogens is 1. The molecule has 0 aliphatic rings. The summed E-state index contributed by atoms with van der Waals surface area (Å²) in [6, 6.07) is 13.1. The van der Waals surface area contributed by atoms with E-state index in [2.05, 4.69) is 10.2 Å². The van der Waals surface area contributed by atoms with Crippen molar-refractivity contribution in [2.45, 2.75) is 13.8 Å². The van der Waals surface area contributed by atoms with Gasteiger partial charge in [0, 0.05) is 12.4 Å². The summed E-state index contributed by atoms with van der Waals surface area (Å²) in [5.41, 5.74) is 3.17. The molecule has 25 heavy (non-hydrogen) atoms. The van der Waals surface area contributed by atoms with E-state index in [0.29, 0.717) is 5.75 Å². The van der Waals surface area contributed by atoms with Gasteiger partial charge in [0.15, 0.2) is 12.3 Å². The molecular formula is C19H19N3O3. The molecule has 3 rings (SSSR count). The molecule has 0 saturated heterocycles. The molecule has 0 atom stereocenters. The van der Waals surface area contributed by atoms with E-state index in [4.69, 9.17) is 4.74 Å². The molecule has 3 aromatic rings. The Hall–Kier alpha value is -3.15. The summed E-state index contributed by atoms with van der Waals surface area (Å²) in [5.74, 6) is 0.0857. The third kappa shape index (κ3) is 3.38. The number of para-hydroxylation sites is 1. The molecule has 1 heterocycles. The summed E-state index contributed by atoms with van der Waals surface area (Å²) in [5, 5.41) is 18.5. The largest absolute Gasteiger partial charge is 0.493 e. The summed E-state index contributed by atoms with van der Waals surface area (Å²) in [7, 11) is 1.72. The van der Waals surface area contributed by atoms with E-state index in [9.17, 15) is 9.90 Å². The second-order valence-corrected chi connectivity index (χ2v) is 5.90. The smallest absolute Gasteiger partial charge is 0.302 e. The third-order valence-corrected chi connectivity index (χ3v) is 3.99. The van der Waals surface area contributed by atoms with Crippen LogP contribution in [-0.4, -0.2) is 22.2 Å². The van der Waals surface area contributed by atoms with Gasteiger partial charge in [-0.15, -0.1) is 10.2 Å². The van der Waals surface area contributed by atoms with Crippen molar-refractivity contribution >= 4 is 22.5 Å². The number of hydrogen-bond donors (Lipinski definition) is 1. The summed E-state index contributed by atoms with van der Waals surface area (Å²) in [6.45, 7) is 3.70. The fourth-order valence-electron chi connectivity index (χ4n) is 2.69. The zero-order chi connectivity index (χ0) is 18.0. The lowest BCUT2D eigenvalue weighted by atomic mass is 10.1. The summed E-state index contributed by atoms with van der Waals surface area (Å²) in [6.07, 6.45) is 0. The number of hydrogen-bond acceptors (Lipinski definition) is 4. The first-order valence-corrected chi connectivity index (χ1v) is 7.88. The summed E-state index contributed by atoms with van der Waals surface area (Å²) < 4.78 is 7.09. The van der Waals surface area contributed by atoms with Crippen LogP contribution in [0.5, 0.6) is 11.6 Å². The molecule has 0 bridgehead atoms. The molecule has 0 aliphatic carbocycles. The molecule has 1 amide bonds. The number of nitrogens with zero attached hydrogens (tertiary/aromatic N) is 3. The average Bonchev–Trinajstić information content (AvgIpc) is 2.84. The van der Waals surface area contributed by atoms with Crippen LogP contribution in [-0.2, 0) is 11.8 Å². The Morgan fingerprint density at radius 2 is 1.96 bits per heavy atom. The minimum absolute atomic E-state index is 0.0342. The van der Waals surface area contributed by atoms with Gasteiger partial charge in [-0.1, -0.05) is 35.9 Å². The number of carbonyl (C=O) groups is 1. The van der Waals surface area contributed by atoms with Gasteiger partial charge in [-0.3, -0.25) is 4.79 Å². The van der Waals surface area contributed by atoms with Crippen LogP contribution in [0.25, 0.3) is 10.9 Å². The van der Waals surface area contributed by atoms with E-state index in [1.165, 1.54) is 0 Å². The Labute approximate surface area is 145 Å². The number of aromatic hydroxyl groups is 1. The van der Waals surface area contributed by atoms with E-state index >= 15 is 0 Å². The highest BCUT2D eigenvalue weighted by Crippen LogP contribution is 2.37. The topological polar surface area (TPSA) is 76.2 Å². The van der Waals surface area contributed by atoms with E-state index < -0.39 is 5.91 Å². The minimum Gasteiger partial charge on any atom is -0.493 e. The Morgan fingerprint density at radius 3 is 2.72 bits per heavy atom. The second kappa shape index (κ2) is 6.76. The van der Waals surface area contributed by atoms with Gasteiger partial charge < -0.3 is 14.4 Å². The molecular weight excluding hydrogens is 318 g/mol. The Balaban J connectivity index is 1.74. The highest BCUT2D eigenvalue weighted by atomic mass is 16.5. The zero-order valence-corrected chi connectivity index (χ0v) is 14.4. The van der Waals surface area contributed by atoms with Gasteiger partial charge in [-0.2, -0.15) is 0 Å².